The zero-order valence-electron chi connectivity index (χ0n) is 14.7. The molecule has 7 nitrogen and oxygen atoms in total. The van der Waals surface area contributed by atoms with Gasteiger partial charge in [-0.15, -0.1) is 13.2 Å². The van der Waals surface area contributed by atoms with Gasteiger partial charge in [-0.1, -0.05) is 6.58 Å². The summed E-state index contributed by atoms with van der Waals surface area (Å²) < 4.78 is 46.2. The Morgan fingerprint density at radius 3 is 2.25 bits per heavy atom. The minimum absolute atomic E-state index is 0.128. The molecule has 148 valence electrons. The number of aromatic nitrogens is 2. The Balaban J connectivity index is 1.69. The van der Waals surface area contributed by atoms with E-state index in [0.29, 0.717) is 32.0 Å². The number of ether oxygens (including phenoxy) is 2. The second-order valence-corrected chi connectivity index (χ2v) is 5.82. The molecule has 1 aromatic heterocycles. The number of hydrogen-bond acceptors (Lipinski definition) is 6. The summed E-state index contributed by atoms with van der Waals surface area (Å²) in [5, 5.41) is 0. The Morgan fingerprint density at radius 2 is 1.64 bits per heavy atom. The molecule has 1 saturated heterocycles. The predicted octanol–water partition coefficient (Wildman–Crippen LogP) is 3.00. The van der Waals surface area contributed by atoms with Crippen LogP contribution in [0.25, 0.3) is 0 Å². The molecule has 0 N–H and O–H groups in total. The van der Waals surface area contributed by atoms with Crippen LogP contribution in [0.3, 0.4) is 0 Å². The predicted molar refractivity (Wildman–Crippen MR) is 94.2 cm³/mol. The number of alkyl halides is 3. The van der Waals surface area contributed by atoms with Gasteiger partial charge in [0.05, 0.1) is 0 Å². The van der Waals surface area contributed by atoms with Crippen LogP contribution in [0, 0.1) is 0 Å². The SMILES string of the molecule is C=CC(=O)N1CCN(c2nccnc2Oc2ccc(OC(F)(F)F)cc2)CC1. The molecule has 28 heavy (non-hydrogen) atoms. The fraction of sp³-hybridized carbons (Fsp3) is 0.278. The minimum atomic E-state index is -4.75. The van der Waals surface area contributed by atoms with Gasteiger partial charge in [-0.25, -0.2) is 9.97 Å². The van der Waals surface area contributed by atoms with Gasteiger partial charge in [-0.3, -0.25) is 4.79 Å². The summed E-state index contributed by atoms with van der Waals surface area (Å²) in [7, 11) is 0. The van der Waals surface area contributed by atoms with E-state index in [1.54, 1.807) is 4.90 Å². The van der Waals surface area contributed by atoms with E-state index in [-0.39, 0.29) is 23.3 Å². The van der Waals surface area contributed by atoms with E-state index in [1.807, 2.05) is 4.90 Å². The third-order valence-corrected chi connectivity index (χ3v) is 3.98. The van der Waals surface area contributed by atoms with Gasteiger partial charge in [-0.2, -0.15) is 0 Å². The number of nitrogens with zero attached hydrogens (tertiary/aromatic N) is 4. The first-order valence-corrected chi connectivity index (χ1v) is 8.36. The Kier molecular flexibility index (Phi) is 5.67. The summed E-state index contributed by atoms with van der Waals surface area (Å²) in [6.45, 7) is 5.56. The topological polar surface area (TPSA) is 67.8 Å². The van der Waals surface area contributed by atoms with E-state index in [0.717, 1.165) is 12.1 Å². The van der Waals surface area contributed by atoms with Crippen LogP contribution in [0.4, 0.5) is 19.0 Å². The van der Waals surface area contributed by atoms with E-state index >= 15 is 0 Å². The number of rotatable bonds is 5. The van der Waals surface area contributed by atoms with Crippen molar-refractivity contribution in [3.05, 3.63) is 49.3 Å². The Labute approximate surface area is 159 Å². The summed E-state index contributed by atoms with van der Waals surface area (Å²) >= 11 is 0. The van der Waals surface area contributed by atoms with Gasteiger partial charge in [0.25, 0.3) is 5.88 Å². The summed E-state index contributed by atoms with van der Waals surface area (Å²) in [5.41, 5.74) is 0. The molecule has 10 heteroatoms. The normalized spacial score (nSPS) is 14.5. The van der Waals surface area contributed by atoms with Crippen molar-refractivity contribution in [2.75, 3.05) is 31.1 Å². The van der Waals surface area contributed by atoms with Crippen LogP contribution < -0.4 is 14.4 Å². The molecular formula is C18H17F3N4O3. The number of piperazine rings is 1. The number of benzene rings is 1. The van der Waals surface area contributed by atoms with E-state index in [2.05, 4.69) is 21.3 Å². The first kappa shape index (κ1) is 19.5. The summed E-state index contributed by atoms with van der Waals surface area (Å²) in [6, 6.07) is 5.00. The summed E-state index contributed by atoms with van der Waals surface area (Å²) in [5.74, 6) is 0.523. The molecule has 0 bridgehead atoms. The van der Waals surface area contributed by atoms with Crippen LogP contribution in [0.2, 0.25) is 0 Å². The number of amides is 1. The second kappa shape index (κ2) is 8.15. The molecule has 3 rings (SSSR count). The Bertz CT molecular complexity index is 835. The lowest BCUT2D eigenvalue weighted by Gasteiger charge is -2.35. The lowest BCUT2D eigenvalue weighted by atomic mass is 10.3. The van der Waals surface area contributed by atoms with E-state index in [4.69, 9.17) is 4.74 Å². The fourth-order valence-corrected chi connectivity index (χ4v) is 2.70. The standard InChI is InChI=1S/C18H17F3N4O3/c1-2-15(26)24-9-11-25(12-10-24)16-17(23-8-7-22-16)27-13-3-5-14(6-4-13)28-18(19,20)21/h2-8H,1,9-12H2. The largest absolute Gasteiger partial charge is 0.573 e. The first-order chi connectivity index (χ1) is 13.4. The van der Waals surface area contributed by atoms with Crippen LogP contribution in [0.15, 0.2) is 49.3 Å². The highest BCUT2D eigenvalue weighted by atomic mass is 19.4. The molecule has 1 amide bonds. The maximum Gasteiger partial charge on any atom is 0.573 e. The van der Waals surface area contributed by atoms with Crippen LogP contribution in [0.1, 0.15) is 0 Å². The van der Waals surface area contributed by atoms with Crippen molar-refractivity contribution in [1.82, 2.24) is 14.9 Å². The van der Waals surface area contributed by atoms with Gasteiger partial charge in [0, 0.05) is 38.6 Å². The lowest BCUT2D eigenvalue weighted by molar-refractivity contribution is -0.274. The van der Waals surface area contributed by atoms with Crippen molar-refractivity contribution in [1.29, 1.82) is 0 Å². The highest BCUT2D eigenvalue weighted by Crippen LogP contribution is 2.30. The fourth-order valence-electron chi connectivity index (χ4n) is 2.70. The maximum atomic E-state index is 12.2. The van der Waals surface area contributed by atoms with E-state index in [9.17, 15) is 18.0 Å². The Morgan fingerprint density at radius 1 is 1.04 bits per heavy atom. The molecule has 0 unspecified atom stereocenters. The molecular weight excluding hydrogens is 377 g/mol. The van der Waals surface area contributed by atoms with Crippen LogP contribution >= 0.6 is 0 Å². The third-order valence-electron chi connectivity index (χ3n) is 3.98. The molecule has 0 saturated carbocycles. The highest BCUT2D eigenvalue weighted by Gasteiger charge is 2.31. The van der Waals surface area contributed by atoms with Gasteiger partial charge in [0.15, 0.2) is 5.82 Å². The van der Waals surface area contributed by atoms with Gasteiger partial charge < -0.3 is 19.3 Å². The van der Waals surface area contributed by atoms with Crippen LogP contribution in [-0.2, 0) is 4.79 Å². The van der Waals surface area contributed by atoms with Crippen molar-refractivity contribution in [2.45, 2.75) is 6.36 Å². The molecule has 0 radical (unpaired) electrons. The number of hydrogen-bond donors (Lipinski definition) is 0. The van der Waals surface area contributed by atoms with Crippen molar-refractivity contribution in [3.8, 4) is 17.4 Å². The number of anilines is 1. The average Bonchev–Trinajstić information content (AvgIpc) is 2.68. The Hall–Kier alpha value is -3.30. The summed E-state index contributed by atoms with van der Waals surface area (Å²) in [4.78, 5) is 23.8. The summed E-state index contributed by atoms with van der Waals surface area (Å²) in [6.07, 6.45) is -0.505. The zero-order chi connectivity index (χ0) is 20.1. The zero-order valence-corrected chi connectivity index (χ0v) is 14.7. The first-order valence-electron chi connectivity index (χ1n) is 8.36. The monoisotopic (exact) mass is 394 g/mol. The smallest absolute Gasteiger partial charge is 0.436 e. The van der Waals surface area contributed by atoms with Gasteiger partial charge >= 0.3 is 6.36 Å². The number of carbonyl (C=O) groups excluding carboxylic acids is 1. The van der Waals surface area contributed by atoms with Crippen LogP contribution in [-0.4, -0.2) is 53.3 Å². The maximum absolute atomic E-state index is 12.2. The van der Waals surface area contributed by atoms with Crippen molar-refractivity contribution in [2.24, 2.45) is 0 Å². The van der Waals surface area contributed by atoms with Crippen molar-refractivity contribution >= 4 is 11.7 Å². The van der Waals surface area contributed by atoms with Crippen LogP contribution in [0.5, 0.6) is 17.4 Å². The second-order valence-electron chi connectivity index (χ2n) is 5.82. The quantitative estimate of drug-likeness (QED) is 0.727. The highest BCUT2D eigenvalue weighted by molar-refractivity contribution is 5.87. The van der Waals surface area contributed by atoms with E-state index in [1.165, 1.54) is 30.6 Å². The van der Waals surface area contributed by atoms with Gasteiger partial charge in [0.1, 0.15) is 11.5 Å². The minimum Gasteiger partial charge on any atom is -0.436 e. The van der Waals surface area contributed by atoms with Gasteiger partial charge in [0.2, 0.25) is 5.91 Å². The molecule has 1 aromatic carbocycles. The average molecular weight is 394 g/mol. The number of carbonyl (C=O) groups is 1. The molecule has 0 aliphatic carbocycles. The molecule has 2 aromatic rings. The molecule has 1 aliphatic heterocycles. The van der Waals surface area contributed by atoms with E-state index < -0.39 is 6.36 Å². The third kappa shape index (κ3) is 4.90. The molecule has 0 spiro atoms. The molecule has 2 heterocycles. The molecule has 1 aliphatic rings. The van der Waals surface area contributed by atoms with Crippen molar-refractivity contribution in [3.63, 3.8) is 0 Å². The van der Waals surface area contributed by atoms with Crippen molar-refractivity contribution < 1.29 is 27.4 Å². The molecule has 1 fully saturated rings. The van der Waals surface area contributed by atoms with Gasteiger partial charge in [-0.05, 0) is 30.3 Å². The number of halogens is 3. The lowest BCUT2D eigenvalue weighted by Crippen LogP contribution is -2.48. The molecule has 0 atom stereocenters.